The SMILES string of the molecule is O=C(O)c1nc(Nc2ccc(Br)cc2Cl)ccc1Cl. The maximum absolute atomic E-state index is 10.9. The van der Waals surface area contributed by atoms with Gasteiger partial charge in [-0.15, -0.1) is 0 Å². The maximum Gasteiger partial charge on any atom is 0.356 e. The predicted octanol–water partition coefficient (Wildman–Crippen LogP) is 4.59. The molecule has 0 bridgehead atoms. The summed E-state index contributed by atoms with van der Waals surface area (Å²) >= 11 is 15.1. The molecular formula is C12H7BrCl2N2O2. The van der Waals surface area contributed by atoms with E-state index in [2.05, 4.69) is 26.2 Å². The molecule has 0 atom stereocenters. The summed E-state index contributed by atoms with van der Waals surface area (Å²) in [5.74, 6) is -0.832. The molecule has 0 aliphatic carbocycles. The molecule has 0 aliphatic rings. The molecule has 0 saturated heterocycles. The standard InChI is InChI=1S/C12H7BrCl2N2O2/c13-6-1-3-9(8(15)5-6)16-10-4-2-7(14)11(17-10)12(18)19/h1-5H,(H,16,17)(H,18,19). The monoisotopic (exact) mass is 360 g/mol. The lowest BCUT2D eigenvalue weighted by Gasteiger charge is -2.09. The first-order valence-electron chi connectivity index (χ1n) is 5.09. The van der Waals surface area contributed by atoms with Crippen molar-refractivity contribution in [1.29, 1.82) is 0 Å². The number of halogens is 3. The number of carbonyl (C=O) groups is 1. The molecule has 2 aromatic rings. The summed E-state index contributed by atoms with van der Waals surface area (Å²) in [6, 6.07) is 8.32. The van der Waals surface area contributed by atoms with E-state index in [1.54, 1.807) is 18.2 Å². The molecule has 0 amide bonds. The van der Waals surface area contributed by atoms with Crippen LogP contribution in [-0.2, 0) is 0 Å². The third kappa shape index (κ3) is 3.37. The number of aromatic carboxylic acids is 1. The highest BCUT2D eigenvalue weighted by Crippen LogP contribution is 2.28. The molecule has 0 saturated carbocycles. The van der Waals surface area contributed by atoms with E-state index in [1.807, 2.05) is 6.07 Å². The highest BCUT2D eigenvalue weighted by Gasteiger charge is 2.12. The molecule has 0 spiro atoms. The number of carboxylic acid groups (broad SMARTS) is 1. The van der Waals surface area contributed by atoms with Gasteiger partial charge in [0.25, 0.3) is 0 Å². The summed E-state index contributed by atoms with van der Waals surface area (Å²) in [5.41, 5.74) is 0.413. The second-order valence-corrected chi connectivity index (χ2v) is 5.31. The molecule has 0 aliphatic heterocycles. The number of hydrogen-bond acceptors (Lipinski definition) is 3. The van der Waals surface area contributed by atoms with Crippen molar-refractivity contribution in [2.45, 2.75) is 0 Å². The third-order valence-corrected chi connectivity index (χ3v) is 3.35. The van der Waals surface area contributed by atoms with Gasteiger partial charge in [0, 0.05) is 4.47 Å². The Labute approximate surface area is 127 Å². The van der Waals surface area contributed by atoms with Gasteiger partial charge in [-0.2, -0.15) is 0 Å². The average molecular weight is 362 g/mol. The molecular weight excluding hydrogens is 355 g/mol. The number of carboxylic acids is 1. The molecule has 0 unspecified atom stereocenters. The van der Waals surface area contributed by atoms with E-state index in [1.165, 1.54) is 6.07 Å². The lowest BCUT2D eigenvalue weighted by Crippen LogP contribution is -2.04. The Morgan fingerprint density at radius 1 is 1.21 bits per heavy atom. The molecule has 19 heavy (non-hydrogen) atoms. The van der Waals surface area contributed by atoms with Crippen LogP contribution in [-0.4, -0.2) is 16.1 Å². The Morgan fingerprint density at radius 3 is 2.58 bits per heavy atom. The van der Waals surface area contributed by atoms with Crippen molar-refractivity contribution >= 4 is 56.6 Å². The fourth-order valence-electron chi connectivity index (χ4n) is 1.39. The predicted molar refractivity (Wildman–Crippen MR) is 78.6 cm³/mol. The fourth-order valence-corrected chi connectivity index (χ4v) is 2.30. The fraction of sp³-hybridized carbons (Fsp3) is 0. The van der Waals surface area contributed by atoms with E-state index in [0.29, 0.717) is 16.5 Å². The first-order chi connectivity index (χ1) is 8.97. The molecule has 1 aromatic carbocycles. The molecule has 0 fully saturated rings. The van der Waals surface area contributed by atoms with Gasteiger partial charge in [-0.05, 0) is 30.3 Å². The number of pyridine rings is 1. The number of aromatic nitrogens is 1. The second kappa shape index (κ2) is 5.77. The van der Waals surface area contributed by atoms with Crippen LogP contribution in [0.2, 0.25) is 10.0 Å². The van der Waals surface area contributed by atoms with Crippen molar-refractivity contribution in [2.75, 3.05) is 5.32 Å². The van der Waals surface area contributed by atoms with Crippen molar-refractivity contribution in [3.05, 3.63) is 50.5 Å². The number of rotatable bonds is 3. The van der Waals surface area contributed by atoms with Crippen LogP contribution in [0.3, 0.4) is 0 Å². The summed E-state index contributed by atoms with van der Waals surface area (Å²) in [5, 5.41) is 12.4. The molecule has 0 radical (unpaired) electrons. The summed E-state index contributed by atoms with van der Waals surface area (Å²) in [7, 11) is 0. The van der Waals surface area contributed by atoms with E-state index >= 15 is 0 Å². The van der Waals surface area contributed by atoms with Crippen LogP contribution in [0.15, 0.2) is 34.8 Å². The molecule has 2 rings (SSSR count). The van der Waals surface area contributed by atoms with E-state index in [-0.39, 0.29) is 10.7 Å². The Bertz CT molecular complexity index is 650. The summed E-state index contributed by atoms with van der Waals surface area (Å²) < 4.78 is 0.846. The number of anilines is 2. The summed E-state index contributed by atoms with van der Waals surface area (Å²) in [6.07, 6.45) is 0. The number of hydrogen-bond donors (Lipinski definition) is 2. The second-order valence-electron chi connectivity index (χ2n) is 3.58. The molecule has 1 heterocycles. The van der Waals surface area contributed by atoms with Crippen molar-refractivity contribution in [2.24, 2.45) is 0 Å². The van der Waals surface area contributed by atoms with Crippen LogP contribution in [0, 0.1) is 0 Å². The highest BCUT2D eigenvalue weighted by molar-refractivity contribution is 9.10. The maximum atomic E-state index is 10.9. The smallest absolute Gasteiger partial charge is 0.356 e. The Kier molecular flexibility index (Phi) is 4.29. The normalized spacial score (nSPS) is 10.3. The zero-order valence-corrected chi connectivity index (χ0v) is 12.4. The van der Waals surface area contributed by atoms with E-state index in [9.17, 15) is 4.79 Å². The summed E-state index contributed by atoms with van der Waals surface area (Å²) in [4.78, 5) is 14.8. The van der Waals surface area contributed by atoms with Crippen molar-refractivity contribution in [3.63, 3.8) is 0 Å². The van der Waals surface area contributed by atoms with Crippen molar-refractivity contribution < 1.29 is 9.90 Å². The van der Waals surface area contributed by atoms with Crippen LogP contribution >= 0.6 is 39.1 Å². The van der Waals surface area contributed by atoms with E-state index in [4.69, 9.17) is 28.3 Å². The highest BCUT2D eigenvalue weighted by atomic mass is 79.9. The van der Waals surface area contributed by atoms with Gasteiger partial charge in [0.05, 0.1) is 15.7 Å². The van der Waals surface area contributed by atoms with Gasteiger partial charge in [0.15, 0.2) is 5.69 Å². The van der Waals surface area contributed by atoms with Crippen molar-refractivity contribution in [1.82, 2.24) is 4.98 Å². The van der Waals surface area contributed by atoms with E-state index < -0.39 is 5.97 Å². The topological polar surface area (TPSA) is 62.2 Å². The van der Waals surface area contributed by atoms with Gasteiger partial charge in [-0.3, -0.25) is 0 Å². The van der Waals surface area contributed by atoms with Gasteiger partial charge in [0.2, 0.25) is 0 Å². The lowest BCUT2D eigenvalue weighted by atomic mass is 10.3. The number of nitrogens with zero attached hydrogens (tertiary/aromatic N) is 1. The van der Waals surface area contributed by atoms with Crippen LogP contribution in [0.25, 0.3) is 0 Å². The van der Waals surface area contributed by atoms with Gasteiger partial charge >= 0.3 is 5.97 Å². The van der Waals surface area contributed by atoms with Crippen LogP contribution < -0.4 is 5.32 Å². The van der Waals surface area contributed by atoms with Gasteiger partial charge in [-0.1, -0.05) is 39.1 Å². The minimum atomic E-state index is -1.18. The van der Waals surface area contributed by atoms with Gasteiger partial charge < -0.3 is 10.4 Å². The zero-order chi connectivity index (χ0) is 14.0. The van der Waals surface area contributed by atoms with Crippen molar-refractivity contribution in [3.8, 4) is 0 Å². The first kappa shape index (κ1) is 14.1. The van der Waals surface area contributed by atoms with Gasteiger partial charge in [-0.25, -0.2) is 9.78 Å². The minimum Gasteiger partial charge on any atom is -0.476 e. The van der Waals surface area contributed by atoms with Gasteiger partial charge in [0.1, 0.15) is 5.82 Å². The Morgan fingerprint density at radius 2 is 1.95 bits per heavy atom. The van der Waals surface area contributed by atoms with Crippen LogP contribution in [0.4, 0.5) is 11.5 Å². The molecule has 7 heteroatoms. The first-order valence-corrected chi connectivity index (χ1v) is 6.64. The Balaban J connectivity index is 2.33. The minimum absolute atomic E-state index is 0.0833. The lowest BCUT2D eigenvalue weighted by molar-refractivity contribution is 0.0691. The summed E-state index contributed by atoms with van der Waals surface area (Å²) in [6.45, 7) is 0. The van der Waals surface area contributed by atoms with Crippen LogP contribution in [0.5, 0.6) is 0 Å². The molecule has 98 valence electrons. The average Bonchev–Trinajstić information content (AvgIpc) is 2.34. The zero-order valence-electron chi connectivity index (χ0n) is 9.32. The third-order valence-electron chi connectivity index (χ3n) is 2.24. The molecule has 1 aromatic heterocycles. The quantitative estimate of drug-likeness (QED) is 0.839. The number of nitrogens with one attached hydrogen (secondary N) is 1. The Hall–Kier alpha value is -1.30. The molecule has 2 N–H and O–H groups in total. The van der Waals surface area contributed by atoms with Crippen LogP contribution in [0.1, 0.15) is 10.5 Å². The largest absolute Gasteiger partial charge is 0.476 e. The number of benzene rings is 1. The molecule has 4 nitrogen and oxygen atoms in total. The van der Waals surface area contributed by atoms with E-state index in [0.717, 1.165) is 4.47 Å².